The largest absolute Gasteiger partial charge is 0.497 e. The Kier molecular flexibility index (Phi) is 6.53. The molecule has 4 rings (SSSR count). The summed E-state index contributed by atoms with van der Waals surface area (Å²) in [5.74, 6) is 1.53. The molecule has 6 heteroatoms. The third kappa shape index (κ3) is 4.43. The Morgan fingerprint density at radius 3 is 2.16 bits per heavy atom. The molecule has 0 amide bonds. The van der Waals surface area contributed by atoms with Crippen molar-refractivity contribution in [3.05, 3.63) is 92.1 Å². The molecule has 0 saturated carbocycles. The average molecular weight is 546 g/mol. The smallest absolute Gasteiger partial charge is 0.210 e. The van der Waals surface area contributed by atoms with Crippen LogP contribution in [0.5, 0.6) is 11.5 Å². The first-order valence-corrected chi connectivity index (χ1v) is 11.3. The van der Waals surface area contributed by atoms with E-state index in [2.05, 4.69) is 39.3 Å². The van der Waals surface area contributed by atoms with Crippen LogP contribution in [0, 0.1) is 3.57 Å². The fourth-order valence-corrected chi connectivity index (χ4v) is 4.79. The number of rotatable bonds is 7. The van der Waals surface area contributed by atoms with Gasteiger partial charge in [-0.15, -0.1) is 0 Å². The molecule has 31 heavy (non-hydrogen) atoms. The lowest BCUT2D eigenvalue weighted by Gasteiger charge is -2.12. The van der Waals surface area contributed by atoms with Gasteiger partial charge in [-0.25, -0.2) is 0 Å². The van der Waals surface area contributed by atoms with Crippen molar-refractivity contribution >= 4 is 50.9 Å². The number of carbonyl (C=O) groups excluding carboxylic acids is 1. The monoisotopic (exact) mass is 545 g/mol. The lowest BCUT2D eigenvalue weighted by Crippen LogP contribution is -2.13. The highest BCUT2D eigenvalue weighted by atomic mass is 127. The van der Waals surface area contributed by atoms with Crippen molar-refractivity contribution in [1.82, 2.24) is 4.57 Å². The molecule has 3 aromatic carbocycles. The summed E-state index contributed by atoms with van der Waals surface area (Å²) < 4.78 is 13.5. The van der Waals surface area contributed by atoms with Crippen molar-refractivity contribution in [2.75, 3.05) is 14.2 Å². The zero-order chi connectivity index (χ0) is 22.0. The molecule has 1 aromatic heterocycles. The van der Waals surface area contributed by atoms with E-state index in [0.29, 0.717) is 22.8 Å². The van der Waals surface area contributed by atoms with E-state index in [1.54, 1.807) is 38.5 Å². The number of ketones is 1. The molecular weight excluding hydrogens is 525 g/mol. The summed E-state index contributed by atoms with van der Waals surface area (Å²) in [6.45, 7) is 0.671. The standard InChI is InChI=1S/C25H21ClINO3/c1-30-19-8-3-16(4-9-19)13-14-28-22-12-7-18(26)15-21(22)23(27)24(28)25(29)17-5-10-20(31-2)11-6-17/h3-12,15H,13-14H2,1-2H3. The van der Waals surface area contributed by atoms with Gasteiger partial charge >= 0.3 is 0 Å². The molecular formula is C25H21ClINO3. The van der Waals surface area contributed by atoms with E-state index >= 15 is 0 Å². The van der Waals surface area contributed by atoms with Crippen LogP contribution in [0.2, 0.25) is 5.02 Å². The van der Waals surface area contributed by atoms with Crippen molar-refractivity contribution in [1.29, 1.82) is 0 Å². The number of fused-ring (bicyclic) bond motifs is 1. The van der Waals surface area contributed by atoms with E-state index < -0.39 is 0 Å². The maximum absolute atomic E-state index is 13.5. The molecule has 0 saturated heterocycles. The van der Waals surface area contributed by atoms with E-state index in [0.717, 1.165) is 32.4 Å². The zero-order valence-corrected chi connectivity index (χ0v) is 20.1. The van der Waals surface area contributed by atoms with E-state index in [1.165, 1.54) is 5.56 Å². The van der Waals surface area contributed by atoms with Gasteiger partial charge in [0.2, 0.25) is 5.78 Å². The first-order valence-electron chi connectivity index (χ1n) is 9.80. The maximum Gasteiger partial charge on any atom is 0.210 e. The normalized spacial score (nSPS) is 11.0. The number of halogens is 2. The maximum atomic E-state index is 13.5. The van der Waals surface area contributed by atoms with Gasteiger partial charge < -0.3 is 14.0 Å². The van der Waals surface area contributed by atoms with E-state index in [-0.39, 0.29) is 5.78 Å². The molecule has 0 aliphatic carbocycles. The number of ether oxygens (including phenoxy) is 2. The van der Waals surface area contributed by atoms with Crippen LogP contribution in [0.1, 0.15) is 21.6 Å². The molecule has 0 aliphatic heterocycles. The van der Waals surface area contributed by atoms with Gasteiger partial charge in [-0.1, -0.05) is 23.7 Å². The fourth-order valence-electron chi connectivity index (χ4n) is 3.65. The Balaban J connectivity index is 1.75. The molecule has 0 unspecified atom stereocenters. The van der Waals surface area contributed by atoms with Gasteiger partial charge in [0.15, 0.2) is 0 Å². The highest BCUT2D eigenvalue weighted by Gasteiger charge is 2.22. The van der Waals surface area contributed by atoms with Gasteiger partial charge in [0.05, 0.1) is 17.8 Å². The van der Waals surface area contributed by atoms with Crippen LogP contribution in [0.25, 0.3) is 10.9 Å². The van der Waals surface area contributed by atoms with Crippen molar-refractivity contribution in [2.24, 2.45) is 0 Å². The van der Waals surface area contributed by atoms with Gasteiger partial charge in [0.25, 0.3) is 0 Å². The number of aryl methyl sites for hydroxylation is 2. The van der Waals surface area contributed by atoms with Crippen molar-refractivity contribution in [2.45, 2.75) is 13.0 Å². The molecule has 158 valence electrons. The molecule has 4 nitrogen and oxygen atoms in total. The minimum absolute atomic E-state index is 0.0193. The second-order valence-electron chi connectivity index (χ2n) is 7.13. The number of benzene rings is 3. The number of hydrogen-bond donors (Lipinski definition) is 0. The third-order valence-corrected chi connectivity index (χ3v) is 6.64. The Morgan fingerprint density at radius 1 is 0.935 bits per heavy atom. The Labute approximate surface area is 199 Å². The van der Waals surface area contributed by atoms with Crippen LogP contribution >= 0.6 is 34.2 Å². The number of methoxy groups -OCH3 is 2. The molecule has 0 radical (unpaired) electrons. The van der Waals surface area contributed by atoms with Gasteiger partial charge in [0.1, 0.15) is 17.2 Å². The Hall–Kier alpha value is -2.51. The number of aromatic nitrogens is 1. The zero-order valence-electron chi connectivity index (χ0n) is 17.2. The molecule has 0 atom stereocenters. The van der Waals surface area contributed by atoms with Crippen LogP contribution < -0.4 is 9.47 Å². The van der Waals surface area contributed by atoms with E-state index in [1.807, 2.05) is 30.3 Å². The van der Waals surface area contributed by atoms with Crippen molar-refractivity contribution in [3.8, 4) is 11.5 Å². The van der Waals surface area contributed by atoms with Crippen LogP contribution in [-0.4, -0.2) is 24.6 Å². The average Bonchev–Trinajstić information content (AvgIpc) is 3.08. The van der Waals surface area contributed by atoms with E-state index in [9.17, 15) is 4.79 Å². The van der Waals surface area contributed by atoms with Crippen LogP contribution in [-0.2, 0) is 13.0 Å². The first-order chi connectivity index (χ1) is 15.0. The lowest BCUT2D eigenvalue weighted by atomic mass is 10.1. The quantitative estimate of drug-likeness (QED) is 0.200. The summed E-state index contributed by atoms with van der Waals surface area (Å²) >= 11 is 8.51. The Morgan fingerprint density at radius 2 is 1.55 bits per heavy atom. The van der Waals surface area contributed by atoms with Crippen LogP contribution in [0.4, 0.5) is 0 Å². The summed E-state index contributed by atoms with van der Waals surface area (Å²) in [5, 5.41) is 1.64. The van der Waals surface area contributed by atoms with Gasteiger partial charge in [-0.05, 0) is 89.2 Å². The SMILES string of the molecule is COc1ccc(CCn2c(C(=O)c3ccc(OC)cc3)c(I)c3cc(Cl)ccc32)cc1. The number of nitrogens with zero attached hydrogens (tertiary/aromatic N) is 1. The highest BCUT2D eigenvalue weighted by Crippen LogP contribution is 2.32. The summed E-state index contributed by atoms with van der Waals surface area (Å²) in [4.78, 5) is 13.5. The lowest BCUT2D eigenvalue weighted by molar-refractivity contribution is 0.103. The summed E-state index contributed by atoms with van der Waals surface area (Å²) in [6.07, 6.45) is 0.787. The molecule has 0 spiro atoms. The van der Waals surface area contributed by atoms with Gasteiger partial charge in [-0.3, -0.25) is 4.79 Å². The minimum Gasteiger partial charge on any atom is -0.497 e. The van der Waals surface area contributed by atoms with Crippen molar-refractivity contribution < 1.29 is 14.3 Å². The first kappa shape index (κ1) is 21.7. The summed E-state index contributed by atoms with van der Waals surface area (Å²) in [6, 6.07) is 21.0. The van der Waals surface area contributed by atoms with Crippen LogP contribution in [0.3, 0.4) is 0 Å². The molecule has 0 fully saturated rings. The fraction of sp³-hybridized carbons (Fsp3) is 0.160. The van der Waals surface area contributed by atoms with Crippen molar-refractivity contribution in [3.63, 3.8) is 0 Å². The third-order valence-electron chi connectivity index (χ3n) is 5.31. The molecule has 1 heterocycles. The predicted octanol–water partition coefficient (Wildman–Crippen LogP) is 6.39. The summed E-state index contributed by atoms with van der Waals surface area (Å²) in [5.41, 5.74) is 3.48. The molecule has 4 aromatic rings. The molecule has 0 bridgehead atoms. The van der Waals surface area contributed by atoms with Gasteiger partial charge in [0, 0.05) is 28.0 Å². The van der Waals surface area contributed by atoms with E-state index in [4.69, 9.17) is 21.1 Å². The molecule has 0 N–H and O–H groups in total. The summed E-state index contributed by atoms with van der Waals surface area (Å²) in [7, 11) is 3.27. The number of carbonyl (C=O) groups is 1. The topological polar surface area (TPSA) is 40.5 Å². The van der Waals surface area contributed by atoms with Crippen LogP contribution in [0.15, 0.2) is 66.7 Å². The number of hydrogen-bond acceptors (Lipinski definition) is 3. The molecule has 0 aliphatic rings. The minimum atomic E-state index is -0.0193. The predicted molar refractivity (Wildman–Crippen MR) is 133 cm³/mol. The highest BCUT2D eigenvalue weighted by molar-refractivity contribution is 14.1. The second-order valence-corrected chi connectivity index (χ2v) is 8.65. The van der Waals surface area contributed by atoms with Gasteiger partial charge in [-0.2, -0.15) is 0 Å². The second kappa shape index (κ2) is 9.32. The Bertz CT molecular complexity index is 1230.